The van der Waals surface area contributed by atoms with Gasteiger partial charge in [0.1, 0.15) is 0 Å². The molecule has 0 saturated carbocycles. The van der Waals surface area contributed by atoms with E-state index >= 15 is 0 Å². The van der Waals surface area contributed by atoms with E-state index in [-0.39, 0.29) is 113 Å². The zero-order valence-corrected chi connectivity index (χ0v) is 7.72. The van der Waals surface area contributed by atoms with Crippen LogP contribution in [0.5, 0.6) is 0 Å². The first-order chi connectivity index (χ1) is 0. The van der Waals surface area contributed by atoms with E-state index in [0.717, 1.165) is 0 Å². The second kappa shape index (κ2) is 26.3. The SMILES string of the molecule is Cl.[AlH3].[Ca+2].[Fe].[H-].[H-].[H-].[H-].[Mg+2]. The van der Waals surface area contributed by atoms with Crippen molar-refractivity contribution in [1.82, 2.24) is 0 Å². The Hall–Kier alpha value is 3.37. The van der Waals surface area contributed by atoms with Crippen LogP contribution < -0.4 is 0 Å². The third kappa shape index (κ3) is 18.7. The standard InChI is InChI=1S/Al.Ca.ClH.Fe.Mg.7H/h;;1H;;;;;;;;;/q;+2;;;+2;;;;4*-1. The Morgan fingerprint density at radius 3 is 1.20 bits per heavy atom. The molecule has 0 aliphatic heterocycles. The summed E-state index contributed by atoms with van der Waals surface area (Å²) in [6.45, 7) is 0. The van der Waals surface area contributed by atoms with Gasteiger partial charge >= 0.3 is 60.8 Å². The third-order valence-electron chi connectivity index (χ3n) is 0. The summed E-state index contributed by atoms with van der Waals surface area (Å²) in [6, 6.07) is 0. The van der Waals surface area contributed by atoms with Gasteiger partial charge in [0.05, 0.1) is 0 Å². The van der Waals surface area contributed by atoms with E-state index in [2.05, 4.69) is 0 Å². The molecule has 0 aromatic heterocycles. The van der Waals surface area contributed by atoms with Crippen molar-refractivity contribution in [2.75, 3.05) is 0 Å². The summed E-state index contributed by atoms with van der Waals surface area (Å²) in [5.41, 5.74) is 0. The Morgan fingerprint density at radius 2 is 1.20 bits per heavy atom. The summed E-state index contributed by atoms with van der Waals surface area (Å²) in [6.07, 6.45) is 0. The van der Waals surface area contributed by atoms with Gasteiger partial charge in [0.15, 0.2) is 17.4 Å². The minimum Gasteiger partial charge on any atom is -1.00 e. The van der Waals surface area contributed by atoms with Gasteiger partial charge in [-0.05, 0) is 0 Å². The molecule has 0 N–H and O–H groups in total. The summed E-state index contributed by atoms with van der Waals surface area (Å²) in [4.78, 5) is 0. The summed E-state index contributed by atoms with van der Waals surface area (Å²) in [7, 11) is 0. The summed E-state index contributed by atoms with van der Waals surface area (Å²) < 4.78 is 0. The Kier molecular flexibility index (Phi) is 211. The largest absolute Gasteiger partial charge is 2.00 e. The van der Waals surface area contributed by atoms with Crippen molar-refractivity contribution in [1.29, 1.82) is 0 Å². The van der Waals surface area contributed by atoms with Gasteiger partial charge in [0.2, 0.25) is 0 Å². The average molecular weight is 191 g/mol. The smallest absolute Gasteiger partial charge is 1.00 e. The molecule has 0 heterocycles. The predicted octanol–water partition coefficient (Wildman–Crippen LogP) is -1.08. The molecule has 0 aromatic rings. The van der Waals surface area contributed by atoms with Crippen molar-refractivity contribution in [2.24, 2.45) is 0 Å². The molecule has 0 bridgehead atoms. The summed E-state index contributed by atoms with van der Waals surface area (Å²) >= 11 is 0. The van der Waals surface area contributed by atoms with Crippen LogP contribution in [0.1, 0.15) is 5.71 Å². The summed E-state index contributed by atoms with van der Waals surface area (Å²) in [5, 5.41) is 0. The molecule has 0 amide bonds. The number of hydrogen-bond donors (Lipinski definition) is 0. The molecule has 0 nitrogen and oxygen atoms in total. The topological polar surface area (TPSA) is 0 Å². The van der Waals surface area contributed by atoms with E-state index in [4.69, 9.17) is 0 Å². The Labute approximate surface area is 111 Å². The molecule has 5 heavy (non-hydrogen) atoms. The fraction of sp³-hybridized carbons (Fsp3) is 0. The molecule has 30 valence electrons. The van der Waals surface area contributed by atoms with Gasteiger partial charge < -0.3 is 5.71 Å². The molecule has 0 fully saturated rings. The van der Waals surface area contributed by atoms with Crippen LogP contribution >= 0.6 is 12.4 Å². The van der Waals surface area contributed by atoms with E-state index in [9.17, 15) is 0 Å². The quantitative estimate of drug-likeness (QED) is 0.427. The van der Waals surface area contributed by atoms with Gasteiger partial charge in [0, 0.05) is 17.1 Å². The number of halogens is 1. The van der Waals surface area contributed by atoms with Crippen LogP contribution in [-0.2, 0) is 17.1 Å². The van der Waals surface area contributed by atoms with Crippen LogP contribution in [0.15, 0.2) is 0 Å². The maximum Gasteiger partial charge on any atom is 2.00 e. The van der Waals surface area contributed by atoms with Crippen LogP contribution in [0.4, 0.5) is 0 Å². The summed E-state index contributed by atoms with van der Waals surface area (Å²) in [5.74, 6) is 0. The van der Waals surface area contributed by atoms with E-state index < -0.39 is 0 Å². The Bertz CT molecular complexity index is 20.5. The molecule has 0 rings (SSSR count). The fourth-order valence-corrected chi connectivity index (χ4v) is 0. The second-order valence-electron chi connectivity index (χ2n) is 0. The van der Waals surface area contributed by atoms with E-state index in [1.54, 1.807) is 0 Å². The van der Waals surface area contributed by atoms with Gasteiger partial charge in [-0.2, -0.15) is 0 Å². The zero-order valence-electron chi connectivity index (χ0n) is 6.18. The monoisotopic (exact) mass is 190 g/mol. The molecule has 5 heteroatoms. The first-order valence-corrected chi connectivity index (χ1v) is 0. The van der Waals surface area contributed by atoms with E-state index in [0.29, 0.717) is 0 Å². The van der Waals surface area contributed by atoms with Crippen LogP contribution in [0, 0.1) is 0 Å². The second-order valence-corrected chi connectivity index (χ2v) is 0. The van der Waals surface area contributed by atoms with Crippen LogP contribution in [0.2, 0.25) is 0 Å². The van der Waals surface area contributed by atoms with Crippen LogP contribution in [0.25, 0.3) is 0 Å². The normalized spacial score (nSPS) is 0. The van der Waals surface area contributed by atoms with Gasteiger partial charge in [-0.1, -0.05) is 0 Å². The van der Waals surface area contributed by atoms with Crippen molar-refractivity contribution in [3.63, 3.8) is 0 Å². The minimum absolute atomic E-state index is 0. The Morgan fingerprint density at radius 1 is 1.20 bits per heavy atom. The van der Waals surface area contributed by atoms with Crippen LogP contribution in [0.3, 0.4) is 0 Å². The predicted molar refractivity (Wildman–Crippen MR) is 33.1 cm³/mol. The van der Waals surface area contributed by atoms with Gasteiger partial charge in [-0.15, -0.1) is 12.4 Å². The molecular weight excluding hydrogens is 183 g/mol. The molecule has 0 saturated heterocycles. The molecular formula is H8AlCaClFeMg. The molecule has 0 atom stereocenters. The van der Waals surface area contributed by atoms with Gasteiger partial charge in [-0.3, -0.25) is 0 Å². The molecule has 0 aliphatic carbocycles. The van der Waals surface area contributed by atoms with Crippen molar-refractivity contribution in [3.05, 3.63) is 0 Å². The molecule has 0 aromatic carbocycles. The zero-order chi connectivity index (χ0) is 0. The van der Waals surface area contributed by atoms with Crippen molar-refractivity contribution >= 4 is 90.6 Å². The van der Waals surface area contributed by atoms with E-state index in [1.165, 1.54) is 0 Å². The van der Waals surface area contributed by atoms with Crippen molar-refractivity contribution in [3.8, 4) is 0 Å². The molecule has 0 radical (unpaired) electrons. The molecule has 0 unspecified atom stereocenters. The first-order valence-electron chi connectivity index (χ1n) is 0. The average Bonchev–Trinajstić information content (AvgIpc) is 0. The van der Waals surface area contributed by atoms with E-state index in [1.807, 2.05) is 0 Å². The van der Waals surface area contributed by atoms with Crippen LogP contribution in [-0.4, -0.2) is 78.2 Å². The van der Waals surface area contributed by atoms with Crippen molar-refractivity contribution in [2.45, 2.75) is 0 Å². The number of hydrogen-bond acceptors (Lipinski definition) is 0. The minimum atomic E-state index is 0. The maximum atomic E-state index is 0. The van der Waals surface area contributed by atoms with Gasteiger partial charge in [0.25, 0.3) is 0 Å². The fourth-order valence-electron chi connectivity index (χ4n) is 0. The first kappa shape index (κ1) is 40.0. The molecule has 0 aliphatic rings. The molecule has 0 spiro atoms. The maximum absolute atomic E-state index is 0. The Balaban J connectivity index is 0. The third-order valence-corrected chi connectivity index (χ3v) is 0. The van der Waals surface area contributed by atoms with Gasteiger partial charge in [-0.25, -0.2) is 0 Å². The van der Waals surface area contributed by atoms with Crippen molar-refractivity contribution < 1.29 is 22.8 Å². The number of rotatable bonds is 0.